The fourth-order valence-corrected chi connectivity index (χ4v) is 2.22. The van der Waals surface area contributed by atoms with E-state index in [0.717, 1.165) is 18.4 Å². The lowest BCUT2D eigenvalue weighted by Crippen LogP contribution is -2.27. The summed E-state index contributed by atoms with van der Waals surface area (Å²) in [4.78, 5) is 0. The van der Waals surface area contributed by atoms with Crippen LogP contribution >= 0.6 is 15.9 Å². The largest absolute Gasteiger partial charge is 0.348 e. The molecule has 0 saturated carbocycles. The minimum Gasteiger partial charge on any atom is -0.348 e. The Kier molecular flexibility index (Phi) is 4.54. The molecule has 1 aliphatic rings. The topological polar surface area (TPSA) is 18.5 Å². The molecule has 1 fully saturated rings. The third kappa shape index (κ3) is 3.27. The predicted molar refractivity (Wildman–Crippen MR) is 67.1 cm³/mol. The zero-order valence-corrected chi connectivity index (χ0v) is 11.4. The van der Waals surface area contributed by atoms with Crippen LogP contribution in [0.1, 0.15) is 31.6 Å². The quantitative estimate of drug-likeness (QED) is 0.838. The first-order valence-electron chi connectivity index (χ1n) is 5.89. The molecule has 0 N–H and O–H groups in total. The minimum atomic E-state index is -0.425. The highest BCUT2D eigenvalue weighted by molar-refractivity contribution is 9.10. The van der Waals surface area contributed by atoms with Crippen molar-refractivity contribution in [3.05, 3.63) is 34.1 Å². The number of hydrogen-bond acceptors (Lipinski definition) is 2. The molecule has 1 aliphatic heterocycles. The lowest BCUT2D eigenvalue weighted by atomic mass is 10.1. The maximum absolute atomic E-state index is 13.4. The molecule has 0 amide bonds. The Labute approximate surface area is 109 Å². The molecule has 0 bridgehead atoms. The Balaban J connectivity index is 1.98. The molecule has 0 unspecified atom stereocenters. The van der Waals surface area contributed by atoms with E-state index in [0.29, 0.717) is 23.6 Å². The van der Waals surface area contributed by atoms with Crippen LogP contribution < -0.4 is 0 Å². The normalized spacial score (nSPS) is 24.9. The fourth-order valence-electron chi connectivity index (χ4n) is 1.97. The standard InChI is InChI=1S/C13H16BrFO2/c1-2-3-9-7-16-13(17-8-9)10-4-5-11(14)12(15)6-10/h4-6,9,13H,2-3,7-8H2,1H3. The highest BCUT2D eigenvalue weighted by Crippen LogP contribution is 2.28. The van der Waals surface area contributed by atoms with Gasteiger partial charge in [0, 0.05) is 11.5 Å². The van der Waals surface area contributed by atoms with E-state index in [1.807, 2.05) is 6.07 Å². The van der Waals surface area contributed by atoms with E-state index in [9.17, 15) is 4.39 Å². The van der Waals surface area contributed by atoms with Gasteiger partial charge in [-0.1, -0.05) is 19.4 Å². The van der Waals surface area contributed by atoms with Crippen molar-refractivity contribution in [2.75, 3.05) is 13.2 Å². The van der Waals surface area contributed by atoms with E-state index < -0.39 is 6.29 Å². The molecular formula is C13H16BrFO2. The summed E-state index contributed by atoms with van der Waals surface area (Å²) in [6.07, 6.45) is 1.82. The van der Waals surface area contributed by atoms with Crippen molar-refractivity contribution in [1.82, 2.24) is 0 Å². The van der Waals surface area contributed by atoms with Crippen LogP contribution in [0.3, 0.4) is 0 Å². The third-order valence-electron chi connectivity index (χ3n) is 2.88. The van der Waals surface area contributed by atoms with Crippen LogP contribution in [0.15, 0.2) is 22.7 Å². The zero-order chi connectivity index (χ0) is 12.3. The van der Waals surface area contributed by atoms with Gasteiger partial charge in [-0.3, -0.25) is 0 Å². The SMILES string of the molecule is CCCC1COC(c2ccc(Br)c(F)c2)OC1. The Bertz CT molecular complexity index is 376. The first-order valence-corrected chi connectivity index (χ1v) is 6.68. The molecule has 1 saturated heterocycles. The van der Waals surface area contributed by atoms with Gasteiger partial charge in [-0.2, -0.15) is 0 Å². The summed E-state index contributed by atoms with van der Waals surface area (Å²) in [5, 5.41) is 0. The summed E-state index contributed by atoms with van der Waals surface area (Å²) in [5.41, 5.74) is 0.737. The van der Waals surface area contributed by atoms with Gasteiger partial charge < -0.3 is 9.47 Å². The van der Waals surface area contributed by atoms with Crippen molar-refractivity contribution in [3.63, 3.8) is 0 Å². The Morgan fingerprint density at radius 3 is 2.65 bits per heavy atom. The second-order valence-corrected chi connectivity index (χ2v) is 5.18. The summed E-state index contributed by atoms with van der Waals surface area (Å²) in [7, 11) is 0. The third-order valence-corrected chi connectivity index (χ3v) is 3.52. The molecule has 0 aliphatic carbocycles. The maximum atomic E-state index is 13.4. The predicted octanol–water partition coefficient (Wildman–Crippen LogP) is 4.05. The van der Waals surface area contributed by atoms with Crippen LogP contribution in [0.2, 0.25) is 0 Å². The average molecular weight is 303 g/mol. The van der Waals surface area contributed by atoms with Gasteiger partial charge in [0.1, 0.15) is 5.82 Å². The summed E-state index contributed by atoms with van der Waals surface area (Å²) in [6.45, 7) is 3.53. The van der Waals surface area contributed by atoms with Crippen LogP contribution in [0, 0.1) is 11.7 Å². The molecule has 1 heterocycles. The van der Waals surface area contributed by atoms with E-state index in [2.05, 4.69) is 22.9 Å². The molecule has 1 aromatic carbocycles. The summed E-state index contributed by atoms with van der Waals surface area (Å²) in [6, 6.07) is 4.95. The van der Waals surface area contributed by atoms with Crippen LogP contribution in [0.5, 0.6) is 0 Å². The van der Waals surface area contributed by atoms with Crippen LogP contribution in [-0.4, -0.2) is 13.2 Å². The van der Waals surface area contributed by atoms with E-state index >= 15 is 0 Å². The van der Waals surface area contributed by atoms with E-state index in [4.69, 9.17) is 9.47 Å². The lowest BCUT2D eigenvalue weighted by molar-refractivity contribution is -0.206. The second kappa shape index (κ2) is 5.94. The van der Waals surface area contributed by atoms with E-state index in [1.54, 1.807) is 6.07 Å². The van der Waals surface area contributed by atoms with E-state index in [-0.39, 0.29) is 5.82 Å². The van der Waals surface area contributed by atoms with Gasteiger partial charge in [-0.25, -0.2) is 4.39 Å². The van der Waals surface area contributed by atoms with Crippen molar-refractivity contribution < 1.29 is 13.9 Å². The van der Waals surface area contributed by atoms with Crippen molar-refractivity contribution in [2.24, 2.45) is 5.92 Å². The molecule has 0 aromatic heterocycles. The Morgan fingerprint density at radius 2 is 2.06 bits per heavy atom. The molecular weight excluding hydrogens is 287 g/mol. The lowest BCUT2D eigenvalue weighted by Gasteiger charge is -2.29. The van der Waals surface area contributed by atoms with Crippen molar-refractivity contribution in [3.8, 4) is 0 Å². The van der Waals surface area contributed by atoms with Crippen molar-refractivity contribution in [2.45, 2.75) is 26.1 Å². The highest BCUT2D eigenvalue weighted by atomic mass is 79.9. The van der Waals surface area contributed by atoms with Crippen molar-refractivity contribution in [1.29, 1.82) is 0 Å². The van der Waals surface area contributed by atoms with Gasteiger partial charge in [0.2, 0.25) is 0 Å². The molecule has 1 aromatic rings. The number of ether oxygens (including phenoxy) is 2. The summed E-state index contributed by atoms with van der Waals surface area (Å²) >= 11 is 3.13. The molecule has 4 heteroatoms. The van der Waals surface area contributed by atoms with Gasteiger partial charge in [0.05, 0.1) is 17.7 Å². The number of rotatable bonds is 3. The molecule has 0 radical (unpaired) electrons. The van der Waals surface area contributed by atoms with Crippen molar-refractivity contribution >= 4 is 15.9 Å². The second-order valence-electron chi connectivity index (χ2n) is 4.33. The summed E-state index contributed by atoms with van der Waals surface area (Å²) in [5.74, 6) is 0.182. The molecule has 17 heavy (non-hydrogen) atoms. The number of benzene rings is 1. The monoisotopic (exact) mass is 302 g/mol. The van der Waals surface area contributed by atoms with Crippen LogP contribution in [-0.2, 0) is 9.47 Å². The first-order chi connectivity index (χ1) is 8.20. The summed E-state index contributed by atoms with van der Waals surface area (Å²) < 4.78 is 25.1. The van der Waals surface area contributed by atoms with Crippen LogP contribution in [0.25, 0.3) is 0 Å². The maximum Gasteiger partial charge on any atom is 0.183 e. The average Bonchev–Trinajstić information content (AvgIpc) is 2.34. The smallest absolute Gasteiger partial charge is 0.183 e. The molecule has 0 spiro atoms. The van der Waals surface area contributed by atoms with Crippen LogP contribution in [0.4, 0.5) is 4.39 Å². The molecule has 0 atom stereocenters. The van der Waals surface area contributed by atoms with Gasteiger partial charge in [-0.05, 0) is 34.5 Å². The van der Waals surface area contributed by atoms with Gasteiger partial charge >= 0.3 is 0 Å². The van der Waals surface area contributed by atoms with Gasteiger partial charge in [-0.15, -0.1) is 0 Å². The van der Waals surface area contributed by atoms with Gasteiger partial charge in [0.25, 0.3) is 0 Å². The molecule has 94 valence electrons. The highest BCUT2D eigenvalue weighted by Gasteiger charge is 2.23. The molecule has 2 nitrogen and oxygen atoms in total. The Morgan fingerprint density at radius 1 is 1.35 bits per heavy atom. The number of halogens is 2. The number of hydrogen-bond donors (Lipinski definition) is 0. The van der Waals surface area contributed by atoms with Gasteiger partial charge in [0.15, 0.2) is 6.29 Å². The van der Waals surface area contributed by atoms with E-state index in [1.165, 1.54) is 6.07 Å². The Hall–Kier alpha value is -0.450. The molecule has 2 rings (SSSR count). The minimum absolute atomic E-state index is 0.287. The first kappa shape index (κ1) is 13.0. The zero-order valence-electron chi connectivity index (χ0n) is 9.79. The fraction of sp³-hybridized carbons (Fsp3) is 0.538.